The minimum absolute atomic E-state index is 0.0444. The van der Waals surface area contributed by atoms with E-state index in [0.717, 1.165) is 12.5 Å². The number of hydrogen-bond donors (Lipinski definition) is 2. The largest absolute Gasteiger partial charge is 0.504 e. The van der Waals surface area contributed by atoms with Crippen LogP contribution in [-0.4, -0.2) is 12.2 Å². The van der Waals surface area contributed by atoms with Gasteiger partial charge in [0.2, 0.25) is 0 Å². The van der Waals surface area contributed by atoms with Crippen LogP contribution < -0.4 is 10.5 Å². The lowest BCUT2D eigenvalue weighted by Crippen LogP contribution is -2.12. The van der Waals surface area contributed by atoms with Crippen molar-refractivity contribution in [2.45, 2.75) is 25.3 Å². The minimum Gasteiger partial charge on any atom is -0.504 e. The van der Waals surface area contributed by atoms with Gasteiger partial charge in [0.1, 0.15) is 5.82 Å². The molecule has 88 valence electrons. The van der Waals surface area contributed by atoms with Gasteiger partial charge >= 0.3 is 0 Å². The van der Waals surface area contributed by atoms with Crippen molar-refractivity contribution in [2.75, 3.05) is 7.11 Å². The quantitative estimate of drug-likeness (QED) is 0.827. The van der Waals surface area contributed by atoms with E-state index in [1.165, 1.54) is 26.0 Å². The maximum absolute atomic E-state index is 13.3. The van der Waals surface area contributed by atoms with Crippen molar-refractivity contribution < 1.29 is 14.2 Å². The summed E-state index contributed by atoms with van der Waals surface area (Å²) in [6.07, 6.45) is 3.15. The first kappa shape index (κ1) is 11.2. The molecule has 2 rings (SSSR count). The van der Waals surface area contributed by atoms with Crippen molar-refractivity contribution in [3.05, 3.63) is 23.5 Å². The van der Waals surface area contributed by atoms with E-state index < -0.39 is 5.82 Å². The number of aromatic hydroxyl groups is 1. The second-order valence-corrected chi connectivity index (χ2v) is 4.33. The molecule has 0 bridgehead atoms. The van der Waals surface area contributed by atoms with Gasteiger partial charge in [-0.15, -0.1) is 0 Å². The first-order valence-electron chi connectivity index (χ1n) is 5.43. The van der Waals surface area contributed by atoms with E-state index in [-0.39, 0.29) is 17.5 Å². The van der Waals surface area contributed by atoms with Gasteiger partial charge < -0.3 is 15.6 Å². The van der Waals surface area contributed by atoms with Gasteiger partial charge in [-0.3, -0.25) is 0 Å². The summed E-state index contributed by atoms with van der Waals surface area (Å²) in [5.74, 6) is 0.290. The Morgan fingerprint density at radius 1 is 1.56 bits per heavy atom. The third kappa shape index (κ3) is 2.27. The number of benzene rings is 1. The molecule has 3 N–H and O–H groups in total. The van der Waals surface area contributed by atoms with Crippen molar-refractivity contribution in [2.24, 2.45) is 11.7 Å². The predicted molar refractivity (Wildman–Crippen MR) is 58.9 cm³/mol. The standard InChI is InChI=1S/C12H16FNO2/c1-16-11-6-8(13)5-9(12(11)15)10(14)4-7-2-3-7/h5-7,10,15H,2-4,14H2,1H3/t10-/m0/s1. The highest BCUT2D eigenvalue weighted by atomic mass is 19.1. The molecule has 0 radical (unpaired) electrons. The molecule has 4 heteroatoms. The molecule has 0 unspecified atom stereocenters. The van der Waals surface area contributed by atoms with E-state index in [9.17, 15) is 9.50 Å². The molecule has 1 aromatic carbocycles. The molecule has 0 aromatic heterocycles. The molecule has 0 spiro atoms. The molecule has 1 aliphatic rings. The minimum atomic E-state index is -0.434. The van der Waals surface area contributed by atoms with Crippen LogP contribution in [0.5, 0.6) is 11.5 Å². The number of methoxy groups -OCH3 is 1. The Morgan fingerprint density at radius 3 is 2.81 bits per heavy atom. The molecule has 0 heterocycles. The zero-order valence-electron chi connectivity index (χ0n) is 9.24. The van der Waals surface area contributed by atoms with E-state index in [4.69, 9.17) is 10.5 Å². The molecule has 1 atom stereocenters. The molecule has 0 amide bonds. The molecular weight excluding hydrogens is 209 g/mol. The van der Waals surface area contributed by atoms with Crippen LogP contribution in [0.3, 0.4) is 0 Å². The first-order valence-corrected chi connectivity index (χ1v) is 5.43. The summed E-state index contributed by atoms with van der Waals surface area (Å²) in [5, 5.41) is 9.85. The first-order chi connectivity index (χ1) is 7.61. The fourth-order valence-electron chi connectivity index (χ4n) is 1.87. The van der Waals surface area contributed by atoms with Crippen molar-refractivity contribution in [1.29, 1.82) is 0 Å². The Morgan fingerprint density at radius 2 is 2.25 bits per heavy atom. The maximum atomic E-state index is 13.3. The Hall–Kier alpha value is -1.29. The van der Waals surface area contributed by atoms with Gasteiger partial charge in [0.25, 0.3) is 0 Å². The lowest BCUT2D eigenvalue weighted by atomic mass is 10.0. The van der Waals surface area contributed by atoms with E-state index in [2.05, 4.69) is 0 Å². The zero-order chi connectivity index (χ0) is 11.7. The van der Waals surface area contributed by atoms with Gasteiger partial charge in [-0.1, -0.05) is 12.8 Å². The lowest BCUT2D eigenvalue weighted by Gasteiger charge is -2.15. The van der Waals surface area contributed by atoms with Crippen molar-refractivity contribution in [1.82, 2.24) is 0 Å². The van der Waals surface area contributed by atoms with E-state index in [1.54, 1.807) is 0 Å². The topological polar surface area (TPSA) is 55.5 Å². The summed E-state index contributed by atoms with van der Waals surface area (Å²) in [4.78, 5) is 0. The molecule has 3 nitrogen and oxygen atoms in total. The van der Waals surface area contributed by atoms with Gasteiger partial charge in [-0.25, -0.2) is 4.39 Å². The summed E-state index contributed by atoms with van der Waals surface area (Å²) in [6.45, 7) is 0. The fourth-order valence-corrected chi connectivity index (χ4v) is 1.87. The number of hydrogen-bond acceptors (Lipinski definition) is 3. The van der Waals surface area contributed by atoms with Gasteiger partial charge in [0.05, 0.1) is 7.11 Å². The third-order valence-corrected chi connectivity index (χ3v) is 2.97. The van der Waals surface area contributed by atoms with Gasteiger partial charge in [-0.05, 0) is 18.4 Å². The van der Waals surface area contributed by atoms with Crippen LogP contribution in [0.4, 0.5) is 4.39 Å². The smallest absolute Gasteiger partial charge is 0.163 e. The van der Waals surface area contributed by atoms with Gasteiger partial charge in [-0.2, -0.15) is 0 Å². The predicted octanol–water partition coefficient (Wildman–Crippen LogP) is 2.34. The highest BCUT2D eigenvalue weighted by Crippen LogP contribution is 2.41. The fraction of sp³-hybridized carbons (Fsp3) is 0.500. The number of nitrogens with two attached hydrogens (primary N) is 1. The molecule has 0 saturated heterocycles. The SMILES string of the molecule is COc1cc(F)cc([C@@H](N)CC2CC2)c1O. The number of ether oxygens (including phenoxy) is 1. The highest BCUT2D eigenvalue weighted by Gasteiger charge is 2.26. The van der Waals surface area contributed by atoms with Crippen LogP contribution in [-0.2, 0) is 0 Å². The number of phenolic OH excluding ortho intramolecular Hbond substituents is 1. The van der Waals surface area contributed by atoms with Crippen LogP contribution in [0.2, 0.25) is 0 Å². The second-order valence-electron chi connectivity index (χ2n) is 4.33. The molecule has 1 fully saturated rings. The number of phenols is 1. The average Bonchev–Trinajstić information content (AvgIpc) is 3.04. The summed E-state index contributed by atoms with van der Waals surface area (Å²) in [7, 11) is 1.39. The van der Waals surface area contributed by atoms with Crippen molar-refractivity contribution >= 4 is 0 Å². The summed E-state index contributed by atoms with van der Waals surface area (Å²) in [5.41, 5.74) is 6.38. The van der Waals surface area contributed by atoms with Crippen LogP contribution in [0.15, 0.2) is 12.1 Å². The summed E-state index contributed by atoms with van der Waals surface area (Å²) >= 11 is 0. The average molecular weight is 225 g/mol. The molecule has 1 aliphatic carbocycles. The number of rotatable bonds is 4. The van der Waals surface area contributed by atoms with Crippen LogP contribution in [0, 0.1) is 11.7 Å². The van der Waals surface area contributed by atoms with Crippen LogP contribution in [0.1, 0.15) is 30.9 Å². The summed E-state index contributed by atoms with van der Waals surface area (Å²) < 4.78 is 18.2. The molecule has 1 saturated carbocycles. The van der Waals surface area contributed by atoms with Crippen molar-refractivity contribution in [3.8, 4) is 11.5 Å². The molecular formula is C12H16FNO2. The molecule has 16 heavy (non-hydrogen) atoms. The van der Waals surface area contributed by atoms with E-state index in [0.29, 0.717) is 11.5 Å². The normalized spacial score (nSPS) is 17.2. The van der Waals surface area contributed by atoms with Crippen LogP contribution >= 0.6 is 0 Å². The third-order valence-electron chi connectivity index (χ3n) is 2.97. The number of halogens is 1. The summed E-state index contributed by atoms with van der Waals surface area (Å²) in [6, 6.07) is 2.12. The Labute approximate surface area is 94.0 Å². The Balaban J connectivity index is 2.26. The van der Waals surface area contributed by atoms with E-state index in [1.807, 2.05) is 0 Å². The maximum Gasteiger partial charge on any atom is 0.163 e. The Kier molecular flexibility index (Phi) is 3.01. The molecule has 1 aromatic rings. The van der Waals surface area contributed by atoms with Crippen LogP contribution in [0.25, 0.3) is 0 Å². The van der Waals surface area contributed by atoms with Gasteiger partial charge in [0, 0.05) is 17.7 Å². The lowest BCUT2D eigenvalue weighted by molar-refractivity contribution is 0.363. The van der Waals surface area contributed by atoms with E-state index >= 15 is 0 Å². The van der Waals surface area contributed by atoms with Gasteiger partial charge in [0.15, 0.2) is 11.5 Å². The monoisotopic (exact) mass is 225 g/mol. The molecule has 0 aliphatic heterocycles. The zero-order valence-corrected chi connectivity index (χ0v) is 9.24. The Bertz CT molecular complexity index is 391. The highest BCUT2D eigenvalue weighted by molar-refractivity contribution is 5.47. The van der Waals surface area contributed by atoms with Crippen molar-refractivity contribution in [3.63, 3.8) is 0 Å². The second kappa shape index (κ2) is 4.29.